The Morgan fingerprint density at radius 1 is 1.44 bits per heavy atom. The van der Waals surface area contributed by atoms with Crippen molar-refractivity contribution in [3.8, 4) is 5.75 Å². The van der Waals surface area contributed by atoms with Gasteiger partial charge in [0.25, 0.3) is 0 Å². The van der Waals surface area contributed by atoms with Gasteiger partial charge in [0.15, 0.2) is 6.29 Å². The third kappa shape index (κ3) is 1.84. The van der Waals surface area contributed by atoms with Crippen LogP contribution in [-0.4, -0.2) is 31.0 Å². The number of nitrogens with one attached hydrogen (secondary N) is 1. The number of methoxy groups -OCH3 is 1. The molecule has 0 radical (unpaired) electrons. The van der Waals surface area contributed by atoms with Crippen LogP contribution >= 0.6 is 0 Å². The van der Waals surface area contributed by atoms with Gasteiger partial charge < -0.3 is 14.5 Å². The largest absolute Gasteiger partial charge is 0.496 e. The molecule has 0 aliphatic heterocycles. The predicted octanol–water partition coefficient (Wildman–Crippen LogP) is 2.17. The van der Waals surface area contributed by atoms with Gasteiger partial charge in [-0.15, -0.1) is 0 Å². The highest BCUT2D eigenvalue weighted by atomic mass is 16.5. The smallest absolute Gasteiger partial charge is 0.355 e. The molecule has 0 saturated carbocycles. The summed E-state index contributed by atoms with van der Waals surface area (Å²) in [4.78, 5) is 25.8. The number of carbonyl (C=O) groups is 2. The van der Waals surface area contributed by atoms with Crippen LogP contribution in [0.3, 0.4) is 0 Å². The molecule has 94 valence electrons. The standard InChI is InChI=1S/C13H13NO4/c1-3-18-13(16)12-8(7-15)11-9(14-12)5-4-6-10(11)17-2/h4-7,14H,3H2,1-2H3. The van der Waals surface area contributed by atoms with Crippen LogP contribution < -0.4 is 4.74 Å². The van der Waals surface area contributed by atoms with Crippen LogP contribution in [0.1, 0.15) is 27.8 Å². The summed E-state index contributed by atoms with van der Waals surface area (Å²) in [5.41, 5.74) is 1.09. The second-order valence-electron chi connectivity index (χ2n) is 3.63. The van der Waals surface area contributed by atoms with Crippen LogP contribution in [0.25, 0.3) is 10.9 Å². The fraction of sp³-hybridized carbons (Fsp3) is 0.231. The van der Waals surface area contributed by atoms with Gasteiger partial charge in [0.2, 0.25) is 0 Å². The van der Waals surface area contributed by atoms with E-state index in [1.54, 1.807) is 25.1 Å². The number of fused-ring (bicyclic) bond motifs is 1. The first-order chi connectivity index (χ1) is 8.72. The molecule has 0 aliphatic carbocycles. The third-order valence-corrected chi connectivity index (χ3v) is 2.64. The van der Waals surface area contributed by atoms with Crippen molar-refractivity contribution in [2.24, 2.45) is 0 Å². The number of aromatic nitrogens is 1. The van der Waals surface area contributed by atoms with Crippen LogP contribution in [0.15, 0.2) is 18.2 Å². The van der Waals surface area contributed by atoms with Crippen molar-refractivity contribution in [3.63, 3.8) is 0 Å². The van der Waals surface area contributed by atoms with Crippen molar-refractivity contribution in [2.45, 2.75) is 6.92 Å². The minimum absolute atomic E-state index is 0.159. The number of H-pyrrole nitrogens is 1. The van der Waals surface area contributed by atoms with E-state index >= 15 is 0 Å². The molecule has 0 fully saturated rings. The zero-order valence-electron chi connectivity index (χ0n) is 10.1. The number of carbonyl (C=O) groups excluding carboxylic acids is 2. The Labute approximate surface area is 104 Å². The predicted molar refractivity (Wildman–Crippen MR) is 66.2 cm³/mol. The molecule has 0 amide bonds. The Hall–Kier alpha value is -2.30. The van der Waals surface area contributed by atoms with E-state index in [2.05, 4.69) is 4.98 Å². The van der Waals surface area contributed by atoms with Crippen molar-refractivity contribution in [2.75, 3.05) is 13.7 Å². The zero-order valence-corrected chi connectivity index (χ0v) is 10.1. The highest BCUT2D eigenvalue weighted by Crippen LogP contribution is 2.30. The lowest BCUT2D eigenvalue weighted by Crippen LogP contribution is -2.07. The van der Waals surface area contributed by atoms with Crippen molar-refractivity contribution in [3.05, 3.63) is 29.5 Å². The summed E-state index contributed by atoms with van der Waals surface area (Å²) in [6, 6.07) is 5.28. The van der Waals surface area contributed by atoms with Gasteiger partial charge in [0.1, 0.15) is 11.4 Å². The topological polar surface area (TPSA) is 68.4 Å². The lowest BCUT2D eigenvalue weighted by Gasteiger charge is -2.01. The van der Waals surface area contributed by atoms with Gasteiger partial charge in [-0.2, -0.15) is 0 Å². The van der Waals surface area contributed by atoms with Gasteiger partial charge in [-0.25, -0.2) is 4.79 Å². The monoisotopic (exact) mass is 247 g/mol. The number of aldehydes is 1. The van der Waals surface area contributed by atoms with Crippen LogP contribution in [0, 0.1) is 0 Å². The van der Waals surface area contributed by atoms with Crippen molar-refractivity contribution < 1.29 is 19.1 Å². The van der Waals surface area contributed by atoms with E-state index < -0.39 is 5.97 Å². The first-order valence-corrected chi connectivity index (χ1v) is 5.53. The fourth-order valence-electron chi connectivity index (χ4n) is 1.89. The van der Waals surface area contributed by atoms with E-state index in [4.69, 9.17) is 9.47 Å². The van der Waals surface area contributed by atoms with Crippen LogP contribution in [0.4, 0.5) is 0 Å². The minimum atomic E-state index is -0.544. The maximum absolute atomic E-state index is 11.7. The average molecular weight is 247 g/mol. The van der Waals surface area contributed by atoms with E-state index in [1.807, 2.05) is 0 Å². The molecule has 0 unspecified atom stereocenters. The average Bonchev–Trinajstić information content (AvgIpc) is 2.77. The fourth-order valence-corrected chi connectivity index (χ4v) is 1.89. The van der Waals surface area contributed by atoms with E-state index in [9.17, 15) is 9.59 Å². The second kappa shape index (κ2) is 4.91. The number of rotatable bonds is 4. The first-order valence-electron chi connectivity index (χ1n) is 5.53. The molecular weight excluding hydrogens is 234 g/mol. The summed E-state index contributed by atoms with van der Waals surface area (Å²) in [7, 11) is 1.51. The van der Waals surface area contributed by atoms with Gasteiger partial charge in [-0.3, -0.25) is 4.79 Å². The minimum Gasteiger partial charge on any atom is -0.496 e. The van der Waals surface area contributed by atoms with Gasteiger partial charge in [0, 0.05) is 0 Å². The van der Waals surface area contributed by atoms with Crippen LogP contribution in [0.2, 0.25) is 0 Å². The molecule has 0 bridgehead atoms. The van der Waals surface area contributed by atoms with E-state index in [0.717, 1.165) is 0 Å². The Bertz CT molecular complexity index is 600. The molecule has 18 heavy (non-hydrogen) atoms. The summed E-state index contributed by atoms with van der Waals surface area (Å²) in [6.07, 6.45) is 0.633. The van der Waals surface area contributed by atoms with Crippen LogP contribution in [-0.2, 0) is 4.74 Å². The maximum atomic E-state index is 11.7. The van der Waals surface area contributed by atoms with E-state index in [1.165, 1.54) is 7.11 Å². The van der Waals surface area contributed by atoms with Gasteiger partial charge in [0.05, 0.1) is 30.2 Å². The number of hydrogen-bond donors (Lipinski definition) is 1. The number of benzene rings is 1. The summed E-state index contributed by atoms with van der Waals surface area (Å²) in [5.74, 6) is -0.000693. The van der Waals surface area contributed by atoms with E-state index in [0.29, 0.717) is 22.9 Å². The lowest BCUT2D eigenvalue weighted by molar-refractivity contribution is 0.0518. The Morgan fingerprint density at radius 2 is 2.22 bits per heavy atom. The number of hydrogen-bond acceptors (Lipinski definition) is 4. The quantitative estimate of drug-likeness (QED) is 0.664. The molecule has 5 nitrogen and oxygen atoms in total. The Balaban J connectivity index is 2.69. The lowest BCUT2D eigenvalue weighted by atomic mass is 10.1. The Morgan fingerprint density at radius 3 is 2.83 bits per heavy atom. The molecule has 2 aromatic rings. The first kappa shape index (κ1) is 12.2. The van der Waals surface area contributed by atoms with E-state index in [-0.39, 0.29) is 17.9 Å². The van der Waals surface area contributed by atoms with Gasteiger partial charge >= 0.3 is 5.97 Å². The normalized spacial score (nSPS) is 10.3. The summed E-state index contributed by atoms with van der Waals surface area (Å²) < 4.78 is 10.1. The molecule has 0 aliphatic rings. The number of ether oxygens (including phenoxy) is 2. The van der Waals surface area contributed by atoms with Crippen molar-refractivity contribution >= 4 is 23.2 Å². The molecule has 0 spiro atoms. The summed E-state index contributed by atoms with van der Waals surface area (Å²) in [6.45, 7) is 1.96. The zero-order chi connectivity index (χ0) is 13.1. The SMILES string of the molecule is CCOC(=O)c1[nH]c2cccc(OC)c2c1C=O. The molecule has 1 heterocycles. The molecule has 1 aromatic heterocycles. The maximum Gasteiger partial charge on any atom is 0.355 e. The van der Waals surface area contributed by atoms with Gasteiger partial charge in [-0.1, -0.05) is 6.07 Å². The van der Waals surface area contributed by atoms with Crippen LogP contribution in [0.5, 0.6) is 5.75 Å². The van der Waals surface area contributed by atoms with Crippen molar-refractivity contribution in [1.82, 2.24) is 4.98 Å². The van der Waals surface area contributed by atoms with Crippen molar-refractivity contribution in [1.29, 1.82) is 0 Å². The third-order valence-electron chi connectivity index (χ3n) is 2.64. The molecule has 5 heteroatoms. The highest BCUT2D eigenvalue weighted by Gasteiger charge is 2.20. The molecular formula is C13H13NO4. The highest BCUT2D eigenvalue weighted by molar-refractivity contribution is 6.10. The Kier molecular flexibility index (Phi) is 3.32. The summed E-state index contributed by atoms with van der Waals surface area (Å²) >= 11 is 0. The summed E-state index contributed by atoms with van der Waals surface area (Å²) in [5, 5.41) is 0.595. The number of aromatic amines is 1. The van der Waals surface area contributed by atoms with Gasteiger partial charge in [-0.05, 0) is 19.1 Å². The molecule has 1 N–H and O–H groups in total. The number of esters is 1. The molecule has 1 aromatic carbocycles. The molecule has 0 saturated heterocycles. The molecule has 0 atom stereocenters. The second-order valence-corrected chi connectivity index (χ2v) is 3.63. The molecule has 2 rings (SSSR count).